The Morgan fingerprint density at radius 3 is 2.42 bits per heavy atom. The molecule has 1 unspecified atom stereocenters. The van der Waals surface area contributed by atoms with Gasteiger partial charge in [0.1, 0.15) is 6.04 Å². The Kier molecular flexibility index (Phi) is 5.19. The van der Waals surface area contributed by atoms with Crippen LogP contribution in [0, 0.1) is 5.92 Å². The van der Waals surface area contributed by atoms with Crippen LogP contribution in [0.2, 0.25) is 0 Å². The topological polar surface area (TPSA) is 61.4 Å². The smallest absolute Gasteiger partial charge is 0.244 e. The minimum Gasteiger partial charge on any atom is -0.344 e. The van der Waals surface area contributed by atoms with E-state index in [0.29, 0.717) is 0 Å². The molecule has 0 aliphatic carbocycles. The second-order valence-corrected chi connectivity index (χ2v) is 5.64. The molecule has 1 atom stereocenters. The number of hydrogen-bond acceptors (Lipinski definition) is 3. The molecule has 2 saturated heterocycles. The highest BCUT2D eigenvalue weighted by Crippen LogP contribution is 2.13. The van der Waals surface area contributed by atoms with Crippen molar-refractivity contribution in [2.75, 3.05) is 26.2 Å². The Hall–Kier alpha value is -1.10. The van der Waals surface area contributed by atoms with Gasteiger partial charge in [-0.05, 0) is 52.1 Å². The lowest BCUT2D eigenvalue weighted by Crippen LogP contribution is -2.50. The summed E-state index contributed by atoms with van der Waals surface area (Å²) in [7, 11) is 0. The van der Waals surface area contributed by atoms with Crippen LogP contribution in [0.3, 0.4) is 0 Å². The van der Waals surface area contributed by atoms with Crippen LogP contribution in [0.5, 0.6) is 0 Å². The van der Waals surface area contributed by atoms with E-state index >= 15 is 0 Å². The Bertz CT molecular complexity index is 321. The van der Waals surface area contributed by atoms with Gasteiger partial charge in [-0.3, -0.25) is 9.59 Å². The average Bonchev–Trinajstić information content (AvgIpc) is 2.48. The van der Waals surface area contributed by atoms with E-state index in [1.54, 1.807) is 6.92 Å². The molecule has 2 aliphatic heterocycles. The molecule has 2 aliphatic rings. The highest BCUT2D eigenvalue weighted by molar-refractivity contribution is 5.88. The monoisotopic (exact) mass is 267 g/mol. The molecule has 0 radical (unpaired) electrons. The van der Waals surface area contributed by atoms with Gasteiger partial charge in [0.05, 0.1) is 0 Å². The van der Waals surface area contributed by atoms with Crippen LogP contribution in [0.15, 0.2) is 0 Å². The van der Waals surface area contributed by atoms with Crippen molar-refractivity contribution in [2.24, 2.45) is 5.92 Å². The fraction of sp³-hybridized carbons (Fsp3) is 0.857. The Balaban J connectivity index is 1.80. The zero-order valence-corrected chi connectivity index (χ0v) is 11.8. The lowest BCUT2D eigenvalue weighted by atomic mass is 9.97. The van der Waals surface area contributed by atoms with Gasteiger partial charge in [0.15, 0.2) is 0 Å². The number of nitrogens with one attached hydrogen (secondary N) is 2. The Morgan fingerprint density at radius 1 is 1.16 bits per heavy atom. The van der Waals surface area contributed by atoms with Gasteiger partial charge >= 0.3 is 0 Å². The maximum Gasteiger partial charge on any atom is 0.244 e. The summed E-state index contributed by atoms with van der Waals surface area (Å²) in [4.78, 5) is 26.2. The third-order valence-corrected chi connectivity index (χ3v) is 4.11. The number of hydrogen-bond donors (Lipinski definition) is 2. The fourth-order valence-electron chi connectivity index (χ4n) is 2.87. The van der Waals surface area contributed by atoms with Crippen molar-refractivity contribution in [3.63, 3.8) is 0 Å². The lowest BCUT2D eigenvalue weighted by Gasteiger charge is -2.30. The van der Waals surface area contributed by atoms with Gasteiger partial charge in [-0.1, -0.05) is 0 Å². The van der Waals surface area contributed by atoms with Crippen LogP contribution >= 0.6 is 0 Å². The zero-order valence-electron chi connectivity index (χ0n) is 11.8. The quantitative estimate of drug-likeness (QED) is 0.783. The van der Waals surface area contributed by atoms with Crippen molar-refractivity contribution in [3.8, 4) is 0 Å². The van der Waals surface area contributed by atoms with Crippen molar-refractivity contribution in [2.45, 2.75) is 45.1 Å². The molecule has 108 valence electrons. The Labute approximate surface area is 115 Å². The highest BCUT2D eigenvalue weighted by Gasteiger charge is 2.27. The molecule has 0 spiro atoms. The highest BCUT2D eigenvalue weighted by atomic mass is 16.2. The van der Waals surface area contributed by atoms with E-state index in [2.05, 4.69) is 10.6 Å². The third kappa shape index (κ3) is 3.93. The molecular weight excluding hydrogens is 242 g/mol. The summed E-state index contributed by atoms with van der Waals surface area (Å²) in [6.07, 6.45) is 5.12. The second-order valence-electron chi connectivity index (χ2n) is 5.64. The number of nitrogens with zero attached hydrogens (tertiary/aromatic N) is 1. The fourth-order valence-corrected chi connectivity index (χ4v) is 2.87. The van der Waals surface area contributed by atoms with Crippen LogP contribution in [0.4, 0.5) is 0 Å². The molecule has 0 bridgehead atoms. The molecule has 19 heavy (non-hydrogen) atoms. The first-order valence-corrected chi connectivity index (χ1v) is 7.48. The predicted octanol–water partition coefficient (Wildman–Crippen LogP) is 0.503. The predicted molar refractivity (Wildman–Crippen MR) is 73.6 cm³/mol. The van der Waals surface area contributed by atoms with Crippen molar-refractivity contribution < 1.29 is 9.59 Å². The second kappa shape index (κ2) is 6.89. The van der Waals surface area contributed by atoms with Crippen LogP contribution in [-0.4, -0.2) is 48.9 Å². The van der Waals surface area contributed by atoms with Crippen LogP contribution < -0.4 is 10.6 Å². The molecule has 2 N–H and O–H groups in total. The van der Waals surface area contributed by atoms with Crippen molar-refractivity contribution in [1.82, 2.24) is 15.5 Å². The molecule has 0 aromatic rings. The van der Waals surface area contributed by atoms with E-state index in [9.17, 15) is 9.59 Å². The number of carbonyl (C=O) groups excluding carboxylic acids is 2. The third-order valence-electron chi connectivity index (χ3n) is 4.11. The molecule has 5 heteroatoms. The maximum absolute atomic E-state index is 12.2. The minimum absolute atomic E-state index is 0.0411. The zero-order chi connectivity index (χ0) is 13.7. The summed E-state index contributed by atoms with van der Waals surface area (Å²) in [5, 5.41) is 6.13. The number of amides is 2. The summed E-state index contributed by atoms with van der Waals surface area (Å²) >= 11 is 0. The number of carbonyl (C=O) groups is 2. The summed E-state index contributed by atoms with van der Waals surface area (Å²) < 4.78 is 0. The van der Waals surface area contributed by atoms with Gasteiger partial charge < -0.3 is 15.5 Å². The first kappa shape index (κ1) is 14.3. The molecule has 0 saturated carbocycles. The molecule has 2 rings (SSSR count). The average molecular weight is 267 g/mol. The molecule has 2 fully saturated rings. The van der Waals surface area contributed by atoms with Crippen molar-refractivity contribution in [1.29, 1.82) is 0 Å². The van der Waals surface area contributed by atoms with Gasteiger partial charge in [-0.2, -0.15) is 0 Å². The summed E-state index contributed by atoms with van der Waals surface area (Å²) in [6, 6.07) is -0.388. The van der Waals surface area contributed by atoms with Crippen molar-refractivity contribution >= 4 is 11.8 Å². The van der Waals surface area contributed by atoms with Crippen LogP contribution in [0.1, 0.15) is 39.0 Å². The van der Waals surface area contributed by atoms with Gasteiger partial charge in [-0.25, -0.2) is 0 Å². The van der Waals surface area contributed by atoms with E-state index in [1.807, 2.05) is 4.90 Å². The summed E-state index contributed by atoms with van der Waals surface area (Å²) in [6.45, 7) is 5.27. The molecule has 0 aromatic carbocycles. The Morgan fingerprint density at radius 2 is 1.79 bits per heavy atom. The maximum atomic E-state index is 12.2. The molecule has 0 aromatic heterocycles. The van der Waals surface area contributed by atoms with E-state index < -0.39 is 0 Å². The summed E-state index contributed by atoms with van der Waals surface area (Å²) in [5.41, 5.74) is 0. The lowest BCUT2D eigenvalue weighted by molar-refractivity contribution is -0.137. The van der Waals surface area contributed by atoms with Gasteiger partial charge in [-0.15, -0.1) is 0 Å². The van der Waals surface area contributed by atoms with E-state index in [0.717, 1.165) is 51.9 Å². The van der Waals surface area contributed by atoms with E-state index in [1.165, 1.54) is 6.42 Å². The van der Waals surface area contributed by atoms with Gasteiger partial charge in [0.2, 0.25) is 11.8 Å². The standard InChI is InChI=1S/C14H25N3O2/c1-11(14(19)17-9-3-2-4-10-17)16-13(18)12-5-7-15-8-6-12/h11-12,15H,2-10H2,1H3,(H,16,18). The SMILES string of the molecule is CC(NC(=O)C1CCNCC1)C(=O)N1CCCCC1. The van der Waals surface area contributed by atoms with Gasteiger partial charge in [0, 0.05) is 19.0 Å². The van der Waals surface area contributed by atoms with Crippen LogP contribution in [0.25, 0.3) is 0 Å². The van der Waals surface area contributed by atoms with Crippen molar-refractivity contribution in [3.05, 3.63) is 0 Å². The number of piperidine rings is 2. The molecule has 2 heterocycles. The van der Waals surface area contributed by atoms with Gasteiger partial charge in [0.25, 0.3) is 0 Å². The first-order chi connectivity index (χ1) is 9.18. The first-order valence-electron chi connectivity index (χ1n) is 7.48. The van der Waals surface area contributed by atoms with E-state index in [-0.39, 0.29) is 23.8 Å². The normalized spacial score (nSPS) is 22.9. The van der Waals surface area contributed by atoms with Crippen LogP contribution in [-0.2, 0) is 9.59 Å². The minimum atomic E-state index is -0.388. The number of rotatable bonds is 3. The number of likely N-dealkylation sites (tertiary alicyclic amines) is 1. The molecule has 2 amide bonds. The molecule has 5 nitrogen and oxygen atoms in total. The summed E-state index contributed by atoms with van der Waals surface area (Å²) in [5.74, 6) is 0.180. The molecular formula is C14H25N3O2. The largest absolute Gasteiger partial charge is 0.344 e. The van der Waals surface area contributed by atoms with E-state index in [4.69, 9.17) is 0 Å².